The van der Waals surface area contributed by atoms with Crippen LogP contribution in [0.5, 0.6) is 5.75 Å². The number of likely N-dealkylation sites (N-methyl/N-ethyl adjacent to an activating group) is 1. The first kappa shape index (κ1) is 28.3. The molecule has 0 bridgehead atoms. The second kappa shape index (κ2) is 14.5. The number of rotatable bonds is 7. The summed E-state index contributed by atoms with van der Waals surface area (Å²) < 4.78 is 11.1. The van der Waals surface area contributed by atoms with Gasteiger partial charge in [-0.1, -0.05) is 37.2 Å². The molecule has 0 saturated heterocycles. The van der Waals surface area contributed by atoms with E-state index in [2.05, 4.69) is 27.6 Å². The van der Waals surface area contributed by atoms with Crippen molar-refractivity contribution in [3.05, 3.63) is 53.1 Å². The predicted octanol–water partition coefficient (Wildman–Crippen LogP) is 5.38. The highest BCUT2D eigenvalue weighted by atomic mass is 35.5. The molecule has 0 radical (unpaired) electrons. The number of halogens is 1. The molecule has 0 spiro atoms. The lowest BCUT2D eigenvalue weighted by Gasteiger charge is -2.11. The molecule has 2 aromatic carbocycles. The molecule has 7 nitrogen and oxygen atoms in total. The highest BCUT2D eigenvalue weighted by molar-refractivity contribution is 6.18. The van der Waals surface area contributed by atoms with Crippen LogP contribution in [0.1, 0.15) is 50.8 Å². The maximum absolute atomic E-state index is 9.40. The molecule has 1 unspecified atom stereocenters. The summed E-state index contributed by atoms with van der Waals surface area (Å²) >= 11 is 5.24. The van der Waals surface area contributed by atoms with Crippen molar-refractivity contribution in [3.63, 3.8) is 0 Å². The molecular formula is C27H35ClN4O3. The molecule has 0 aliphatic heterocycles. The van der Waals surface area contributed by atoms with Crippen molar-refractivity contribution in [2.24, 2.45) is 0 Å². The minimum atomic E-state index is -0.397. The number of aliphatic hydroxyl groups is 1. The summed E-state index contributed by atoms with van der Waals surface area (Å²) in [5.41, 5.74) is 4.89. The van der Waals surface area contributed by atoms with Gasteiger partial charge >= 0.3 is 0 Å². The van der Waals surface area contributed by atoms with E-state index in [9.17, 15) is 5.26 Å². The third-order valence-electron chi connectivity index (χ3n) is 5.14. The average Bonchev–Trinajstić information content (AvgIpc) is 3.56. The molecule has 4 rings (SSSR count). The van der Waals surface area contributed by atoms with Crippen molar-refractivity contribution in [2.45, 2.75) is 59.2 Å². The van der Waals surface area contributed by atoms with E-state index in [-0.39, 0.29) is 6.10 Å². The van der Waals surface area contributed by atoms with Crippen LogP contribution >= 0.6 is 11.6 Å². The highest BCUT2D eigenvalue weighted by Crippen LogP contribution is 2.32. The zero-order valence-corrected chi connectivity index (χ0v) is 21.9. The molecule has 0 fully saturated rings. The molecule has 8 heteroatoms. The molecule has 3 aromatic rings. The first-order chi connectivity index (χ1) is 17.0. The number of alkyl halides is 1. The van der Waals surface area contributed by atoms with E-state index in [1.165, 1.54) is 17.5 Å². The summed E-state index contributed by atoms with van der Waals surface area (Å²) in [6.07, 6.45) is 2.93. The summed E-state index contributed by atoms with van der Waals surface area (Å²) in [7, 11) is 1.77. The Bertz CT molecular complexity index is 1110. The second-order valence-corrected chi connectivity index (χ2v) is 8.38. The fraction of sp³-hybridized carbons (Fsp3) is 0.444. The van der Waals surface area contributed by atoms with E-state index < -0.39 is 6.10 Å². The van der Waals surface area contributed by atoms with Gasteiger partial charge in [0, 0.05) is 23.6 Å². The molecule has 1 aliphatic rings. The SMILES string of the molecule is CC.CC(C)Oc1ccc(-c2nc(-c3cccc4c3CCC4)no2)cc1C#N.CNCC(O)CCl. The molecule has 2 N–H and O–H groups in total. The van der Waals surface area contributed by atoms with E-state index in [0.717, 1.165) is 18.4 Å². The summed E-state index contributed by atoms with van der Waals surface area (Å²) in [6, 6.07) is 13.8. The van der Waals surface area contributed by atoms with E-state index in [1.54, 1.807) is 19.2 Å². The maximum Gasteiger partial charge on any atom is 0.258 e. The van der Waals surface area contributed by atoms with Gasteiger partial charge in [0.05, 0.1) is 17.8 Å². The van der Waals surface area contributed by atoms with Crippen molar-refractivity contribution in [1.82, 2.24) is 15.5 Å². The van der Waals surface area contributed by atoms with Gasteiger partial charge in [-0.3, -0.25) is 0 Å². The number of hydrogen-bond donors (Lipinski definition) is 2. The van der Waals surface area contributed by atoms with Crippen LogP contribution in [-0.4, -0.2) is 46.9 Å². The Kier molecular flexibility index (Phi) is 11.7. The monoisotopic (exact) mass is 498 g/mol. The third kappa shape index (κ3) is 7.79. The molecule has 1 aromatic heterocycles. The van der Waals surface area contributed by atoms with Crippen LogP contribution in [0.25, 0.3) is 22.8 Å². The zero-order valence-electron chi connectivity index (χ0n) is 21.1. The van der Waals surface area contributed by atoms with Crippen LogP contribution < -0.4 is 10.1 Å². The number of nitrogens with zero attached hydrogens (tertiary/aromatic N) is 3. The van der Waals surface area contributed by atoms with Gasteiger partial charge in [-0.2, -0.15) is 10.2 Å². The predicted molar refractivity (Wildman–Crippen MR) is 140 cm³/mol. The van der Waals surface area contributed by atoms with Gasteiger partial charge in [0.25, 0.3) is 5.89 Å². The molecule has 0 amide bonds. The van der Waals surface area contributed by atoms with Gasteiger partial charge in [-0.15, -0.1) is 11.6 Å². The van der Waals surface area contributed by atoms with Crippen LogP contribution in [-0.2, 0) is 12.8 Å². The number of ether oxygens (including phenoxy) is 1. The summed E-state index contributed by atoms with van der Waals surface area (Å²) in [6.45, 7) is 8.43. The Morgan fingerprint density at radius 1 is 1.23 bits per heavy atom. The van der Waals surface area contributed by atoms with Crippen LogP contribution in [0.4, 0.5) is 0 Å². The van der Waals surface area contributed by atoms with Gasteiger partial charge in [-0.05, 0) is 69.5 Å². The molecule has 0 saturated carbocycles. The molecule has 1 atom stereocenters. The van der Waals surface area contributed by atoms with E-state index >= 15 is 0 Å². The highest BCUT2D eigenvalue weighted by Gasteiger charge is 2.20. The number of nitrogens with one attached hydrogen (secondary N) is 1. The van der Waals surface area contributed by atoms with Gasteiger partial charge in [-0.25, -0.2) is 0 Å². The first-order valence-electron chi connectivity index (χ1n) is 12.0. The van der Waals surface area contributed by atoms with Crippen molar-refractivity contribution in [2.75, 3.05) is 19.5 Å². The Morgan fingerprint density at radius 3 is 2.63 bits per heavy atom. The minimum absolute atomic E-state index is 0.00290. The van der Waals surface area contributed by atoms with Crippen LogP contribution in [0.2, 0.25) is 0 Å². The number of benzene rings is 2. The van der Waals surface area contributed by atoms with Crippen molar-refractivity contribution in [3.8, 4) is 34.7 Å². The molecule has 188 valence electrons. The number of aromatic nitrogens is 2. The number of fused-ring (bicyclic) bond motifs is 1. The van der Waals surface area contributed by atoms with Crippen molar-refractivity contribution >= 4 is 11.6 Å². The quantitative estimate of drug-likeness (QED) is 0.421. The lowest BCUT2D eigenvalue weighted by atomic mass is 10.0. The smallest absolute Gasteiger partial charge is 0.258 e. The normalized spacial score (nSPS) is 12.5. The lowest BCUT2D eigenvalue weighted by Crippen LogP contribution is -2.24. The third-order valence-corrected chi connectivity index (χ3v) is 5.50. The summed E-state index contributed by atoms with van der Waals surface area (Å²) in [5, 5.41) is 25.0. The van der Waals surface area contributed by atoms with E-state index in [0.29, 0.717) is 41.0 Å². The first-order valence-corrected chi connectivity index (χ1v) is 12.5. The Morgan fingerprint density at radius 2 is 2.00 bits per heavy atom. The Balaban J connectivity index is 0.000000416. The summed E-state index contributed by atoms with van der Waals surface area (Å²) in [5.74, 6) is 1.87. The zero-order chi connectivity index (χ0) is 25.8. The largest absolute Gasteiger partial charge is 0.490 e. The van der Waals surface area contributed by atoms with Crippen molar-refractivity contribution < 1.29 is 14.4 Å². The number of aliphatic hydroxyl groups excluding tert-OH is 1. The van der Waals surface area contributed by atoms with Gasteiger partial charge in [0.2, 0.25) is 5.82 Å². The van der Waals surface area contributed by atoms with E-state index in [4.69, 9.17) is 26.0 Å². The summed E-state index contributed by atoms with van der Waals surface area (Å²) in [4.78, 5) is 4.57. The lowest BCUT2D eigenvalue weighted by molar-refractivity contribution is 0.197. The number of aryl methyl sites for hydroxylation is 1. The van der Waals surface area contributed by atoms with Gasteiger partial charge in [0.1, 0.15) is 11.8 Å². The van der Waals surface area contributed by atoms with Gasteiger partial charge in [0.15, 0.2) is 0 Å². The number of nitriles is 1. The second-order valence-electron chi connectivity index (χ2n) is 8.08. The minimum Gasteiger partial charge on any atom is -0.490 e. The van der Waals surface area contributed by atoms with Crippen molar-refractivity contribution in [1.29, 1.82) is 5.26 Å². The fourth-order valence-corrected chi connectivity index (χ4v) is 3.79. The molecule has 1 aliphatic carbocycles. The maximum atomic E-state index is 9.40. The standard InChI is InChI=1S/C21H19N3O2.C4H10ClNO.C2H6/c1-13(2)25-19-10-9-15(11-16(19)12-22)21-23-20(24-26-21)18-8-4-6-14-5-3-7-17(14)18;1-6-3-4(7)2-5;1-2/h4,6,8-11,13H,3,5,7H2,1-2H3;4,6-7H,2-3H2,1H3;1-2H3. The van der Waals surface area contributed by atoms with Crippen LogP contribution in [0.15, 0.2) is 40.9 Å². The molecule has 35 heavy (non-hydrogen) atoms. The van der Waals surface area contributed by atoms with Gasteiger partial charge < -0.3 is 19.7 Å². The average molecular weight is 499 g/mol. The van der Waals surface area contributed by atoms with Crippen LogP contribution in [0.3, 0.4) is 0 Å². The Labute approximate surface area is 213 Å². The topological polar surface area (TPSA) is 104 Å². The molecule has 1 heterocycles. The fourth-order valence-electron chi connectivity index (χ4n) is 3.68. The number of hydrogen-bond acceptors (Lipinski definition) is 7. The van der Waals surface area contributed by atoms with E-state index in [1.807, 2.05) is 45.9 Å². The molecular weight excluding hydrogens is 464 g/mol. The van der Waals surface area contributed by atoms with Crippen LogP contribution in [0, 0.1) is 11.3 Å². The Hall–Kier alpha value is -2.92.